The van der Waals surface area contributed by atoms with Crippen LogP contribution in [0.15, 0.2) is 18.2 Å². The molecule has 1 atom stereocenters. The average Bonchev–Trinajstić information content (AvgIpc) is 2.55. The summed E-state index contributed by atoms with van der Waals surface area (Å²) in [4.78, 5) is 16.5. The predicted molar refractivity (Wildman–Crippen MR) is 91.2 cm³/mol. The zero-order valence-corrected chi connectivity index (χ0v) is 14.2. The minimum atomic E-state index is -0.273. The van der Waals surface area contributed by atoms with Gasteiger partial charge in [0, 0.05) is 37.4 Å². The molecule has 0 aromatic heterocycles. The van der Waals surface area contributed by atoms with Crippen LogP contribution in [0.3, 0.4) is 0 Å². The lowest BCUT2D eigenvalue weighted by Gasteiger charge is -2.37. The van der Waals surface area contributed by atoms with Crippen molar-refractivity contribution in [2.75, 3.05) is 51.2 Å². The van der Waals surface area contributed by atoms with E-state index in [-0.39, 0.29) is 24.3 Å². The molecule has 1 aliphatic rings. The van der Waals surface area contributed by atoms with E-state index in [4.69, 9.17) is 0 Å². The zero-order chi connectivity index (χ0) is 16.8. The Morgan fingerprint density at radius 1 is 1.30 bits per heavy atom. The van der Waals surface area contributed by atoms with Gasteiger partial charge in [-0.3, -0.25) is 4.79 Å². The van der Waals surface area contributed by atoms with E-state index in [0.717, 1.165) is 44.0 Å². The van der Waals surface area contributed by atoms with Gasteiger partial charge >= 0.3 is 0 Å². The van der Waals surface area contributed by atoms with Crippen LogP contribution in [0.25, 0.3) is 0 Å². The van der Waals surface area contributed by atoms with Crippen LogP contribution in [0.5, 0.6) is 0 Å². The molecule has 1 aromatic rings. The van der Waals surface area contributed by atoms with Crippen molar-refractivity contribution in [1.29, 1.82) is 0 Å². The zero-order valence-electron chi connectivity index (χ0n) is 14.2. The van der Waals surface area contributed by atoms with Gasteiger partial charge in [0.2, 0.25) is 5.91 Å². The highest BCUT2D eigenvalue weighted by Gasteiger charge is 2.21. The van der Waals surface area contributed by atoms with E-state index < -0.39 is 0 Å². The van der Waals surface area contributed by atoms with E-state index in [1.165, 1.54) is 12.1 Å². The minimum Gasteiger partial charge on any atom is -0.369 e. The molecule has 128 valence electrons. The van der Waals surface area contributed by atoms with Crippen molar-refractivity contribution >= 4 is 11.6 Å². The monoisotopic (exact) mass is 322 g/mol. The molecule has 0 spiro atoms. The summed E-state index contributed by atoms with van der Waals surface area (Å²) < 4.78 is 13.7. The number of benzene rings is 1. The highest BCUT2D eigenvalue weighted by molar-refractivity contribution is 5.78. The number of halogens is 1. The van der Waals surface area contributed by atoms with E-state index in [0.29, 0.717) is 0 Å². The first kappa shape index (κ1) is 17.7. The normalized spacial score (nSPS) is 17.1. The maximum Gasteiger partial charge on any atom is 0.234 e. The third-order valence-corrected chi connectivity index (χ3v) is 4.33. The number of piperazine rings is 1. The number of hydrogen-bond donors (Lipinski definition) is 2. The fourth-order valence-electron chi connectivity index (χ4n) is 3.00. The van der Waals surface area contributed by atoms with Crippen LogP contribution in [-0.4, -0.2) is 57.1 Å². The van der Waals surface area contributed by atoms with Gasteiger partial charge in [-0.25, -0.2) is 4.39 Å². The number of carbonyl (C=O) groups is 1. The van der Waals surface area contributed by atoms with Crippen molar-refractivity contribution in [3.63, 3.8) is 0 Å². The first-order valence-electron chi connectivity index (χ1n) is 8.25. The Bertz CT molecular complexity index is 529. The van der Waals surface area contributed by atoms with Gasteiger partial charge < -0.3 is 20.4 Å². The summed E-state index contributed by atoms with van der Waals surface area (Å²) in [6, 6.07) is 4.62. The summed E-state index contributed by atoms with van der Waals surface area (Å²) >= 11 is 0. The topological polar surface area (TPSA) is 47.6 Å². The van der Waals surface area contributed by atoms with Crippen LogP contribution < -0.4 is 15.5 Å². The molecule has 6 heteroatoms. The fourth-order valence-corrected chi connectivity index (χ4v) is 3.00. The predicted octanol–water partition coefficient (Wildman–Crippen LogP) is 1.36. The van der Waals surface area contributed by atoms with E-state index >= 15 is 0 Å². The van der Waals surface area contributed by atoms with Crippen LogP contribution in [0, 0.1) is 5.82 Å². The van der Waals surface area contributed by atoms with Crippen LogP contribution in [0.2, 0.25) is 0 Å². The first-order valence-corrected chi connectivity index (χ1v) is 8.25. The second-order valence-corrected chi connectivity index (χ2v) is 5.94. The number of nitrogens with zero attached hydrogens (tertiary/aromatic N) is 2. The molecule has 2 N–H and O–H groups in total. The number of amides is 1. The quantitative estimate of drug-likeness (QED) is 0.830. The minimum absolute atomic E-state index is 0.0917. The van der Waals surface area contributed by atoms with Crippen molar-refractivity contribution < 1.29 is 9.18 Å². The second kappa shape index (κ2) is 8.26. The van der Waals surface area contributed by atoms with Crippen molar-refractivity contribution in [1.82, 2.24) is 15.5 Å². The lowest BCUT2D eigenvalue weighted by molar-refractivity contribution is -0.120. The molecule has 1 saturated heterocycles. The van der Waals surface area contributed by atoms with Crippen molar-refractivity contribution in [2.24, 2.45) is 0 Å². The maximum absolute atomic E-state index is 13.7. The molecule has 0 saturated carbocycles. The van der Waals surface area contributed by atoms with Crippen LogP contribution in [-0.2, 0) is 4.79 Å². The van der Waals surface area contributed by atoms with Gasteiger partial charge in [-0.15, -0.1) is 0 Å². The molecule has 2 rings (SSSR count). The van der Waals surface area contributed by atoms with Gasteiger partial charge in [-0.1, -0.05) is 6.92 Å². The smallest absolute Gasteiger partial charge is 0.234 e. The highest BCUT2D eigenvalue weighted by Crippen LogP contribution is 2.28. The van der Waals surface area contributed by atoms with Gasteiger partial charge in [0.25, 0.3) is 0 Å². The van der Waals surface area contributed by atoms with Crippen LogP contribution in [0.4, 0.5) is 10.1 Å². The van der Waals surface area contributed by atoms with E-state index in [1.54, 1.807) is 7.05 Å². The Morgan fingerprint density at radius 3 is 2.61 bits per heavy atom. The molecule has 23 heavy (non-hydrogen) atoms. The Balaban J connectivity index is 2.15. The molecule has 0 aliphatic carbocycles. The SMILES string of the molecule is CCN1CCN(c2ccc(F)cc2C(C)NC(=O)CNC)CC1. The Morgan fingerprint density at radius 2 is 2.00 bits per heavy atom. The fraction of sp³-hybridized carbons (Fsp3) is 0.588. The maximum atomic E-state index is 13.7. The van der Waals surface area contributed by atoms with E-state index in [9.17, 15) is 9.18 Å². The summed E-state index contributed by atoms with van der Waals surface area (Å²) in [6.07, 6.45) is 0. The van der Waals surface area contributed by atoms with Crippen molar-refractivity contribution in [3.8, 4) is 0 Å². The number of likely N-dealkylation sites (N-methyl/N-ethyl adjacent to an activating group) is 2. The summed E-state index contributed by atoms with van der Waals surface area (Å²) in [6.45, 7) is 9.23. The van der Waals surface area contributed by atoms with Gasteiger partial charge in [-0.2, -0.15) is 0 Å². The number of hydrogen-bond acceptors (Lipinski definition) is 4. The molecule has 0 bridgehead atoms. The van der Waals surface area contributed by atoms with Crippen LogP contribution >= 0.6 is 0 Å². The number of anilines is 1. The summed E-state index contributed by atoms with van der Waals surface area (Å²) in [5, 5.41) is 5.74. The molecular formula is C17H27FN4O. The van der Waals surface area contributed by atoms with E-state index in [1.807, 2.05) is 13.0 Å². The lowest BCUT2D eigenvalue weighted by atomic mass is 10.0. The Labute approximate surface area is 137 Å². The second-order valence-electron chi connectivity index (χ2n) is 5.94. The largest absolute Gasteiger partial charge is 0.369 e. The summed E-state index contributed by atoms with van der Waals surface area (Å²) in [5.74, 6) is -0.364. The number of nitrogens with one attached hydrogen (secondary N) is 2. The molecule has 1 heterocycles. The van der Waals surface area contributed by atoms with Crippen LogP contribution in [0.1, 0.15) is 25.5 Å². The van der Waals surface area contributed by atoms with Gasteiger partial charge in [0.15, 0.2) is 0 Å². The molecule has 1 fully saturated rings. The van der Waals surface area contributed by atoms with E-state index in [2.05, 4.69) is 27.4 Å². The average molecular weight is 322 g/mol. The van der Waals surface area contributed by atoms with Gasteiger partial charge in [-0.05, 0) is 38.7 Å². The molecular weight excluding hydrogens is 295 g/mol. The van der Waals surface area contributed by atoms with Gasteiger partial charge in [0.1, 0.15) is 5.82 Å². The molecule has 1 aromatic carbocycles. The Hall–Kier alpha value is -1.66. The van der Waals surface area contributed by atoms with Crippen molar-refractivity contribution in [2.45, 2.75) is 19.9 Å². The number of carbonyl (C=O) groups excluding carboxylic acids is 1. The highest BCUT2D eigenvalue weighted by atomic mass is 19.1. The third kappa shape index (κ3) is 4.65. The summed E-state index contributed by atoms with van der Waals surface area (Å²) in [5.41, 5.74) is 1.85. The Kier molecular flexibility index (Phi) is 6.36. The molecule has 5 nitrogen and oxygen atoms in total. The molecule has 0 radical (unpaired) electrons. The van der Waals surface area contributed by atoms with Crippen molar-refractivity contribution in [3.05, 3.63) is 29.6 Å². The first-order chi connectivity index (χ1) is 11.0. The number of rotatable bonds is 6. The summed E-state index contributed by atoms with van der Waals surface area (Å²) in [7, 11) is 1.73. The van der Waals surface area contributed by atoms with Gasteiger partial charge in [0.05, 0.1) is 12.6 Å². The lowest BCUT2D eigenvalue weighted by Crippen LogP contribution is -2.46. The molecule has 1 unspecified atom stereocenters. The molecule has 1 amide bonds. The standard InChI is InChI=1S/C17H27FN4O/c1-4-21-7-9-22(10-8-21)16-6-5-14(18)11-15(16)13(2)20-17(23)12-19-3/h5-6,11,13,19H,4,7-10,12H2,1-3H3,(H,20,23). The molecule has 1 aliphatic heterocycles. The third-order valence-electron chi connectivity index (χ3n) is 4.33.